The standard InChI is InChI=1S/C14H14N4OS/c1-3-15-14-17-12(11-6-7-20-13(11)18-14)19-10-5-4-9(2)16-8-10/h4-8H,3H2,1-2H3,(H,15,17,18). The van der Waals surface area contributed by atoms with E-state index < -0.39 is 0 Å². The molecule has 3 heterocycles. The Balaban J connectivity index is 2.00. The topological polar surface area (TPSA) is 59.9 Å². The van der Waals surface area contributed by atoms with Gasteiger partial charge in [0.25, 0.3) is 0 Å². The van der Waals surface area contributed by atoms with Crippen molar-refractivity contribution in [2.24, 2.45) is 0 Å². The number of hydrogen-bond acceptors (Lipinski definition) is 6. The Morgan fingerprint density at radius 1 is 1.25 bits per heavy atom. The number of nitrogens with zero attached hydrogens (tertiary/aromatic N) is 3. The fraction of sp³-hybridized carbons (Fsp3) is 0.214. The van der Waals surface area contributed by atoms with Crippen LogP contribution < -0.4 is 10.1 Å². The number of fused-ring (bicyclic) bond motifs is 1. The molecule has 0 saturated carbocycles. The Morgan fingerprint density at radius 3 is 2.90 bits per heavy atom. The first kappa shape index (κ1) is 12.8. The molecule has 0 fully saturated rings. The monoisotopic (exact) mass is 286 g/mol. The van der Waals surface area contributed by atoms with E-state index in [-0.39, 0.29) is 0 Å². The summed E-state index contributed by atoms with van der Waals surface area (Å²) >= 11 is 1.57. The van der Waals surface area contributed by atoms with Crippen molar-refractivity contribution in [2.45, 2.75) is 13.8 Å². The summed E-state index contributed by atoms with van der Waals surface area (Å²) in [6.45, 7) is 4.71. The molecule has 5 nitrogen and oxygen atoms in total. The first-order chi connectivity index (χ1) is 9.76. The van der Waals surface area contributed by atoms with E-state index in [2.05, 4.69) is 20.3 Å². The van der Waals surface area contributed by atoms with Gasteiger partial charge in [-0.2, -0.15) is 4.98 Å². The van der Waals surface area contributed by atoms with E-state index in [0.717, 1.165) is 22.5 Å². The lowest BCUT2D eigenvalue weighted by molar-refractivity contribution is 0.466. The number of thiophene rings is 1. The maximum Gasteiger partial charge on any atom is 0.232 e. The molecule has 0 aromatic carbocycles. The van der Waals surface area contributed by atoms with Crippen molar-refractivity contribution in [3.05, 3.63) is 35.5 Å². The molecule has 0 bridgehead atoms. The highest BCUT2D eigenvalue weighted by Crippen LogP contribution is 2.31. The van der Waals surface area contributed by atoms with E-state index in [1.54, 1.807) is 17.5 Å². The van der Waals surface area contributed by atoms with Gasteiger partial charge in [0.05, 0.1) is 11.6 Å². The summed E-state index contributed by atoms with van der Waals surface area (Å²) in [4.78, 5) is 14.0. The molecule has 0 unspecified atom stereocenters. The summed E-state index contributed by atoms with van der Waals surface area (Å²) in [6.07, 6.45) is 1.70. The van der Waals surface area contributed by atoms with Gasteiger partial charge in [0, 0.05) is 12.2 Å². The van der Waals surface area contributed by atoms with Crippen LogP contribution in [0.5, 0.6) is 11.6 Å². The number of nitrogens with one attached hydrogen (secondary N) is 1. The molecule has 0 aliphatic carbocycles. The van der Waals surface area contributed by atoms with Crippen molar-refractivity contribution in [1.82, 2.24) is 15.0 Å². The molecule has 3 aromatic rings. The number of anilines is 1. The van der Waals surface area contributed by atoms with Crippen molar-refractivity contribution >= 4 is 27.5 Å². The zero-order valence-corrected chi connectivity index (χ0v) is 12.1. The van der Waals surface area contributed by atoms with Gasteiger partial charge in [-0.1, -0.05) is 0 Å². The summed E-state index contributed by atoms with van der Waals surface area (Å²) < 4.78 is 5.85. The van der Waals surface area contributed by atoms with Gasteiger partial charge in [0.15, 0.2) is 0 Å². The first-order valence-electron chi connectivity index (χ1n) is 6.36. The van der Waals surface area contributed by atoms with Crippen LogP contribution in [0, 0.1) is 6.92 Å². The molecule has 3 aromatic heterocycles. The van der Waals surface area contributed by atoms with Gasteiger partial charge >= 0.3 is 0 Å². The molecule has 0 saturated heterocycles. The zero-order valence-electron chi connectivity index (χ0n) is 11.3. The van der Waals surface area contributed by atoms with Crippen LogP contribution in [0.4, 0.5) is 5.95 Å². The summed E-state index contributed by atoms with van der Waals surface area (Å²) in [5.74, 6) is 1.81. The predicted octanol–water partition coefficient (Wildman–Crippen LogP) is 3.62. The minimum absolute atomic E-state index is 0.554. The molecular formula is C14H14N4OS. The lowest BCUT2D eigenvalue weighted by Gasteiger charge is -2.08. The highest BCUT2D eigenvalue weighted by atomic mass is 32.1. The second kappa shape index (κ2) is 5.42. The fourth-order valence-corrected chi connectivity index (χ4v) is 2.52. The van der Waals surface area contributed by atoms with Crippen LogP contribution in [-0.4, -0.2) is 21.5 Å². The van der Waals surface area contributed by atoms with Gasteiger partial charge in [0.2, 0.25) is 11.8 Å². The van der Waals surface area contributed by atoms with E-state index in [9.17, 15) is 0 Å². The third-order valence-corrected chi connectivity index (χ3v) is 3.53. The van der Waals surface area contributed by atoms with Gasteiger partial charge in [-0.05, 0) is 37.4 Å². The van der Waals surface area contributed by atoms with Crippen molar-refractivity contribution in [3.63, 3.8) is 0 Å². The Labute approximate surface area is 120 Å². The third kappa shape index (κ3) is 2.55. The smallest absolute Gasteiger partial charge is 0.232 e. The lowest BCUT2D eigenvalue weighted by Crippen LogP contribution is -2.03. The van der Waals surface area contributed by atoms with E-state index >= 15 is 0 Å². The molecule has 20 heavy (non-hydrogen) atoms. The molecule has 0 spiro atoms. The third-order valence-electron chi connectivity index (χ3n) is 2.72. The average Bonchev–Trinajstić information content (AvgIpc) is 2.90. The van der Waals surface area contributed by atoms with Gasteiger partial charge in [0.1, 0.15) is 10.6 Å². The van der Waals surface area contributed by atoms with Gasteiger partial charge in [-0.25, -0.2) is 4.98 Å². The minimum Gasteiger partial charge on any atom is -0.437 e. The second-order valence-corrected chi connectivity index (χ2v) is 5.15. The molecule has 102 valence electrons. The van der Waals surface area contributed by atoms with E-state index in [0.29, 0.717) is 17.6 Å². The van der Waals surface area contributed by atoms with Gasteiger partial charge < -0.3 is 10.1 Å². The summed E-state index contributed by atoms with van der Waals surface area (Å²) in [7, 11) is 0. The van der Waals surface area contributed by atoms with Gasteiger partial charge in [-0.3, -0.25) is 4.98 Å². The number of ether oxygens (including phenoxy) is 1. The largest absolute Gasteiger partial charge is 0.437 e. The Bertz CT molecular complexity index is 724. The number of aromatic nitrogens is 3. The summed E-state index contributed by atoms with van der Waals surface area (Å²) in [5, 5.41) is 6.01. The average molecular weight is 286 g/mol. The second-order valence-electron chi connectivity index (χ2n) is 4.26. The van der Waals surface area contributed by atoms with Crippen LogP contribution in [0.15, 0.2) is 29.8 Å². The van der Waals surface area contributed by atoms with E-state index in [1.807, 2.05) is 37.4 Å². The van der Waals surface area contributed by atoms with Crippen molar-refractivity contribution in [3.8, 4) is 11.6 Å². The molecule has 0 aliphatic rings. The fourth-order valence-electron chi connectivity index (χ4n) is 1.77. The SMILES string of the molecule is CCNc1nc(Oc2ccc(C)nc2)c2ccsc2n1. The maximum atomic E-state index is 5.85. The van der Waals surface area contributed by atoms with Crippen LogP contribution in [-0.2, 0) is 0 Å². The summed E-state index contributed by atoms with van der Waals surface area (Å²) in [6, 6.07) is 5.76. The molecule has 6 heteroatoms. The number of hydrogen-bond donors (Lipinski definition) is 1. The van der Waals surface area contributed by atoms with Crippen LogP contribution in [0.25, 0.3) is 10.2 Å². The molecule has 0 radical (unpaired) electrons. The molecule has 0 aliphatic heterocycles. The van der Waals surface area contributed by atoms with Crippen molar-refractivity contribution < 1.29 is 4.74 Å². The Kier molecular flexibility index (Phi) is 3.47. The van der Waals surface area contributed by atoms with E-state index in [4.69, 9.17) is 4.74 Å². The highest BCUT2D eigenvalue weighted by Gasteiger charge is 2.10. The molecule has 1 N–H and O–H groups in total. The number of rotatable bonds is 4. The zero-order chi connectivity index (χ0) is 13.9. The van der Waals surface area contributed by atoms with Crippen molar-refractivity contribution in [1.29, 1.82) is 0 Å². The minimum atomic E-state index is 0.554. The van der Waals surface area contributed by atoms with Gasteiger partial charge in [-0.15, -0.1) is 11.3 Å². The van der Waals surface area contributed by atoms with Crippen LogP contribution in [0.3, 0.4) is 0 Å². The lowest BCUT2D eigenvalue weighted by atomic mass is 10.3. The predicted molar refractivity (Wildman–Crippen MR) is 80.6 cm³/mol. The first-order valence-corrected chi connectivity index (χ1v) is 7.24. The molecular weight excluding hydrogens is 272 g/mol. The number of pyridine rings is 1. The molecule has 0 atom stereocenters. The van der Waals surface area contributed by atoms with Crippen LogP contribution in [0.2, 0.25) is 0 Å². The maximum absolute atomic E-state index is 5.85. The van der Waals surface area contributed by atoms with Crippen LogP contribution >= 0.6 is 11.3 Å². The highest BCUT2D eigenvalue weighted by molar-refractivity contribution is 7.16. The van der Waals surface area contributed by atoms with Crippen molar-refractivity contribution in [2.75, 3.05) is 11.9 Å². The van der Waals surface area contributed by atoms with E-state index in [1.165, 1.54) is 0 Å². The Morgan fingerprint density at radius 2 is 2.15 bits per heavy atom. The Hall–Kier alpha value is -2.21. The van der Waals surface area contributed by atoms with Crippen LogP contribution in [0.1, 0.15) is 12.6 Å². The molecule has 3 rings (SSSR count). The normalized spacial score (nSPS) is 10.7. The number of aryl methyl sites for hydroxylation is 1. The quantitative estimate of drug-likeness (QED) is 0.793. The molecule has 0 amide bonds. The summed E-state index contributed by atoms with van der Waals surface area (Å²) in [5.41, 5.74) is 0.953.